The lowest BCUT2D eigenvalue weighted by Gasteiger charge is -2.24. The maximum absolute atomic E-state index is 4.49. The van der Waals surface area contributed by atoms with Gasteiger partial charge in [-0.05, 0) is 48.4 Å². The standard InChI is InChI=1S/C16H16N4S/c1-2-14(13-6-9-21-15(13)3-1)19-12-4-5-16(18-10-12)20-8-7-17-11-20/h4-11,14,19H,1-3H2. The smallest absolute Gasteiger partial charge is 0.137 e. The van der Waals surface area contributed by atoms with Gasteiger partial charge in [0.2, 0.25) is 0 Å². The van der Waals surface area contributed by atoms with Crippen molar-refractivity contribution in [2.24, 2.45) is 0 Å². The second-order valence-electron chi connectivity index (χ2n) is 5.26. The van der Waals surface area contributed by atoms with E-state index < -0.39 is 0 Å². The van der Waals surface area contributed by atoms with Gasteiger partial charge in [-0.15, -0.1) is 11.3 Å². The Morgan fingerprint density at radius 3 is 3.10 bits per heavy atom. The molecule has 21 heavy (non-hydrogen) atoms. The van der Waals surface area contributed by atoms with E-state index in [-0.39, 0.29) is 0 Å². The summed E-state index contributed by atoms with van der Waals surface area (Å²) in [6.07, 6.45) is 11.0. The van der Waals surface area contributed by atoms with E-state index >= 15 is 0 Å². The Kier molecular flexibility index (Phi) is 3.20. The fourth-order valence-corrected chi connectivity index (χ4v) is 3.84. The molecule has 4 rings (SSSR count). The van der Waals surface area contributed by atoms with Gasteiger partial charge in [-0.1, -0.05) is 0 Å². The first-order valence-corrected chi connectivity index (χ1v) is 8.05. The monoisotopic (exact) mass is 296 g/mol. The molecule has 0 saturated carbocycles. The first kappa shape index (κ1) is 12.6. The van der Waals surface area contributed by atoms with Crippen LogP contribution in [0, 0.1) is 0 Å². The molecule has 1 aliphatic rings. The van der Waals surface area contributed by atoms with Crippen molar-refractivity contribution in [1.82, 2.24) is 14.5 Å². The molecule has 106 valence electrons. The fourth-order valence-electron chi connectivity index (χ4n) is 2.86. The number of rotatable bonds is 3. The summed E-state index contributed by atoms with van der Waals surface area (Å²) in [4.78, 5) is 10.1. The first-order valence-electron chi connectivity index (χ1n) is 7.17. The van der Waals surface area contributed by atoms with Crippen LogP contribution < -0.4 is 5.32 Å². The zero-order chi connectivity index (χ0) is 14.1. The molecule has 0 amide bonds. The van der Waals surface area contributed by atoms with Crippen LogP contribution in [0.4, 0.5) is 5.69 Å². The lowest BCUT2D eigenvalue weighted by atomic mass is 9.94. The van der Waals surface area contributed by atoms with E-state index in [1.54, 1.807) is 12.5 Å². The zero-order valence-electron chi connectivity index (χ0n) is 11.6. The van der Waals surface area contributed by atoms with Gasteiger partial charge in [-0.25, -0.2) is 9.97 Å². The average molecular weight is 296 g/mol. The molecule has 3 aromatic rings. The molecule has 0 saturated heterocycles. The molecule has 0 aromatic carbocycles. The lowest BCUT2D eigenvalue weighted by Crippen LogP contribution is -2.15. The molecule has 1 aliphatic carbocycles. The lowest BCUT2D eigenvalue weighted by molar-refractivity contribution is 0.608. The highest BCUT2D eigenvalue weighted by Gasteiger charge is 2.20. The number of aryl methyl sites for hydroxylation is 1. The number of pyridine rings is 1. The summed E-state index contributed by atoms with van der Waals surface area (Å²) in [6.45, 7) is 0. The summed E-state index contributed by atoms with van der Waals surface area (Å²) in [6, 6.07) is 6.77. The number of hydrogen-bond acceptors (Lipinski definition) is 4. The van der Waals surface area contributed by atoms with Gasteiger partial charge in [0.25, 0.3) is 0 Å². The van der Waals surface area contributed by atoms with Crippen LogP contribution in [0.1, 0.15) is 29.3 Å². The van der Waals surface area contributed by atoms with Crippen LogP contribution in [0.15, 0.2) is 48.5 Å². The molecule has 0 spiro atoms. The molecule has 4 nitrogen and oxygen atoms in total. The Morgan fingerprint density at radius 2 is 2.29 bits per heavy atom. The number of thiophene rings is 1. The molecule has 0 radical (unpaired) electrons. The summed E-state index contributed by atoms with van der Waals surface area (Å²) in [7, 11) is 0. The first-order chi connectivity index (χ1) is 10.4. The van der Waals surface area contributed by atoms with Gasteiger partial charge in [0.1, 0.15) is 12.1 Å². The molecule has 0 aliphatic heterocycles. The largest absolute Gasteiger partial charge is 0.377 e. The summed E-state index contributed by atoms with van der Waals surface area (Å²) in [5.41, 5.74) is 2.54. The average Bonchev–Trinajstić information content (AvgIpc) is 3.20. The molecule has 5 heteroatoms. The van der Waals surface area contributed by atoms with Gasteiger partial charge in [-0.3, -0.25) is 4.57 Å². The van der Waals surface area contributed by atoms with Crippen molar-refractivity contribution in [3.05, 3.63) is 58.9 Å². The predicted molar refractivity (Wildman–Crippen MR) is 85.0 cm³/mol. The highest BCUT2D eigenvalue weighted by Crippen LogP contribution is 2.35. The molecule has 0 fully saturated rings. The number of nitrogens with zero attached hydrogens (tertiary/aromatic N) is 3. The molecular formula is C16H16N4S. The summed E-state index contributed by atoms with van der Waals surface area (Å²) in [5.74, 6) is 0.887. The number of aromatic nitrogens is 3. The maximum atomic E-state index is 4.49. The van der Waals surface area contributed by atoms with Gasteiger partial charge < -0.3 is 5.32 Å². The number of imidazole rings is 1. The van der Waals surface area contributed by atoms with E-state index in [1.807, 2.05) is 34.4 Å². The molecular weight excluding hydrogens is 280 g/mol. The SMILES string of the molecule is c1cn(-c2ccc(NC3CCCc4sccc43)cn2)cn1. The van der Waals surface area contributed by atoms with Crippen molar-refractivity contribution >= 4 is 17.0 Å². The Hall–Kier alpha value is -2.14. The van der Waals surface area contributed by atoms with Crippen LogP contribution in [0.5, 0.6) is 0 Å². The molecule has 1 unspecified atom stereocenters. The van der Waals surface area contributed by atoms with Crippen LogP contribution in [0.25, 0.3) is 5.82 Å². The molecule has 1 N–H and O–H groups in total. The van der Waals surface area contributed by atoms with Gasteiger partial charge >= 0.3 is 0 Å². The number of anilines is 1. The highest BCUT2D eigenvalue weighted by atomic mass is 32.1. The van der Waals surface area contributed by atoms with Crippen LogP contribution in [-0.2, 0) is 6.42 Å². The van der Waals surface area contributed by atoms with Crippen molar-refractivity contribution < 1.29 is 0 Å². The van der Waals surface area contributed by atoms with Crippen molar-refractivity contribution in [2.75, 3.05) is 5.32 Å². The number of hydrogen-bond donors (Lipinski definition) is 1. The van der Waals surface area contributed by atoms with Crippen molar-refractivity contribution in [3.63, 3.8) is 0 Å². The molecule has 3 aromatic heterocycles. The summed E-state index contributed by atoms with van der Waals surface area (Å²) < 4.78 is 1.90. The Labute approximate surface area is 127 Å². The molecule has 3 heterocycles. The maximum Gasteiger partial charge on any atom is 0.137 e. The summed E-state index contributed by atoms with van der Waals surface area (Å²) in [5, 5.41) is 5.81. The van der Waals surface area contributed by atoms with E-state index in [9.17, 15) is 0 Å². The number of fused-ring (bicyclic) bond motifs is 1. The Morgan fingerprint density at radius 1 is 1.29 bits per heavy atom. The van der Waals surface area contributed by atoms with Gasteiger partial charge in [0.05, 0.1) is 17.9 Å². The van der Waals surface area contributed by atoms with Crippen molar-refractivity contribution in [3.8, 4) is 5.82 Å². The Balaban J connectivity index is 1.54. The second-order valence-corrected chi connectivity index (χ2v) is 6.26. The van der Waals surface area contributed by atoms with E-state index in [1.165, 1.54) is 29.7 Å². The van der Waals surface area contributed by atoms with Crippen LogP contribution in [-0.4, -0.2) is 14.5 Å². The van der Waals surface area contributed by atoms with Gasteiger partial charge in [-0.2, -0.15) is 0 Å². The minimum absolute atomic E-state index is 0.417. The zero-order valence-corrected chi connectivity index (χ0v) is 12.4. The van der Waals surface area contributed by atoms with Crippen LogP contribution in [0.2, 0.25) is 0 Å². The molecule has 0 bridgehead atoms. The predicted octanol–water partition coefficient (Wildman–Crippen LogP) is 3.82. The van der Waals surface area contributed by atoms with E-state index in [0.29, 0.717) is 6.04 Å². The van der Waals surface area contributed by atoms with E-state index in [0.717, 1.165) is 11.5 Å². The van der Waals surface area contributed by atoms with Crippen LogP contribution in [0.3, 0.4) is 0 Å². The minimum Gasteiger partial charge on any atom is -0.377 e. The topological polar surface area (TPSA) is 42.7 Å². The second kappa shape index (κ2) is 5.33. The highest BCUT2D eigenvalue weighted by molar-refractivity contribution is 7.10. The molecule has 1 atom stereocenters. The van der Waals surface area contributed by atoms with E-state index in [4.69, 9.17) is 0 Å². The fraction of sp³-hybridized carbons (Fsp3) is 0.250. The quantitative estimate of drug-likeness (QED) is 0.799. The van der Waals surface area contributed by atoms with Gasteiger partial charge in [0.15, 0.2) is 0 Å². The summed E-state index contributed by atoms with van der Waals surface area (Å²) >= 11 is 1.87. The third kappa shape index (κ3) is 2.45. The van der Waals surface area contributed by atoms with Crippen LogP contribution >= 0.6 is 11.3 Å². The Bertz CT molecular complexity index is 715. The third-order valence-corrected chi connectivity index (χ3v) is 4.91. The minimum atomic E-state index is 0.417. The number of nitrogens with one attached hydrogen (secondary N) is 1. The van der Waals surface area contributed by atoms with Crippen molar-refractivity contribution in [1.29, 1.82) is 0 Å². The normalized spacial score (nSPS) is 17.4. The van der Waals surface area contributed by atoms with E-state index in [2.05, 4.69) is 32.8 Å². The van der Waals surface area contributed by atoms with Crippen molar-refractivity contribution in [2.45, 2.75) is 25.3 Å². The van der Waals surface area contributed by atoms with Gasteiger partial charge in [0, 0.05) is 17.3 Å². The third-order valence-electron chi connectivity index (χ3n) is 3.91.